The lowest BCUT2D eigenvalue weighted by molar-refractivity contribution is -0.139. The van der Waals surface area contributed by atoms with E-state index in [-0.39, 0.29) is 6.42 Å². The Labute approximate surface area is 101 Å². The second kappa shape index (κ2) is 7.97. The van der Waals surface area contributed by atoms with Crippen LogP contribution < -0.4 is 0 Å². The average Bonchev–Trinajstić information content (AvgIpc) is 2.31. The van der Waals surface area contributed by atoms with E-state index in [4.69, 9.17) is 10.2 Å². The fraction of sp³-hybridized carbons (Fsp3) is 0.778. The molecule has 0 fully saturated rings. The van der Waals surface area contributed by atoms with Crippen molar-refractivity contribution in [1.82, 2.24) is 0 Å². The largest absolute Gasteiger partial charge is 0.394 e. The molecule has 0 aliphatic rings. The van der Waals surface area contributed by atoms with Crippen LogP contribution in [0, 0.1) is 10.8 Å². The van der Waals surface area contributed by atoms with Gasteiger partial charge in [-0.3, -0.25) is 0 Å². The van der Waals surface area contributed by atoms with Crippen molar-refractivity contribution in [3.63, 3.8) is 0 Å². The third-order valence-corrected chi connectivity index (χ3v) is 2.33. The maximum absolute atomic E-state index is 9.39. The summed E-state index contributed by atoms with van der Waals surface area (Å²) in [5.41, 5.74) is 0. The van der Waals surface area contributed by atoms with Crippen molar-refractivity contribution in [1.29, 1.82) is 0 Å². The zero-order valence-electron chi connectivity index (χ0n) is 8.36. The molecule has 0 aliphatic carbocycles. The first-order valence-corrected chi connectivity index (χ1v) is 5.34. The molecular weight excluding hydrogens is 284 g/mol. The minimum atomic E-state index is -1.77. The summed E-state index contributed by atoms with van der Waals surface area (Å²) in [6.45, 7) is -0.762. The second-order valence-electron chi connectivity index (χ2n) is 3.26. The predicted octanol–water partition coefficient (Wildman–Crippen LogP) is -2.47. The molecule has 0 unspecified atom stereocenters. The van der Waals surface area contributed by atoms with Crippen LogP contribution in [0.15, 0.2) is 0 Å². The molecular formula is C9H15BrO6. The van der Waals surface area contributed by atoms with Crippen molar-refractivity contribution < 1.29 is 30.6 Å². The fourth-order valence-electron chi connectivity index (χ4n) is 1.03. The number of hydrogen-bond donors (Lipinski definition) is 6. The number of hydrogen-bond acceptors (Lipinski definition) is 6. The summed E-state index contributed by atoms with van der Waals surface area (Å²) in [6, 6.07) is 0. The van der Waals surface area contributed by atoms with Crippen LogP contribution in [0.3, 0.4) is 0 Å². The van der Waals surface area contributed by atoms with Gasteiger partial charge in [0.2, 0.25) is 0 Å². The average molecular weight is 299 g/mol. The molecule has 6 nitrogen and oxygen atoms in total. The summed E-state index contributed by atoms with van der Waals surface area (Å²) in [5, 5.41) is 54.9. The van der Waals surface area contributed by atoms with Crippen LogP contribution in [-0.4, -0.2) is 67.8 Å². The summed E-state index contributed by atoms with van der Waals surface area (Å²) in [6.07, 6.45) is -8.23. The molecule has 0 saturated heterocycles. The Morgan fingerprint density at radius 2 is 1.38 bits per heavy atom. The van der Waals surface area contributed by atoms with Crippen molar-refractivity contribution >= 4 is 15.9 Å². The third kappa shape index (κ3) is 4.76. The van der Waals surface area contributed by atoms with Gasteiger partial charge in [0, 0.05) is 22.4 Å². The normalized spacial score (nSPS) is 20.2. The second-order valence-corrected chi connectivity index (χ2v) is 3.66. The lowest BCUT2D eigenvalue weighted by Gasteiger charge is -2.27. The van der Waals surface area contributed by atoms with Gasteiger partial charge in [-0.1, -0.05) is 5.92 Å². The van der Waals surface area contributed by atoms with Gasteiger partial charge in [-0.2, -0.15) is 0 Å². The molecule has 0 aromatic carbocycles. The van der Waals surface area contributed by atoms with E-state index >= 15 is 0 Å². The van der Waals surface area contributed by atoms with Crippen molar-refractivity contribution in [2.45, 2.75) is 36.9 Å². The van der Waals surface area contributed by atoms with Crippen LogP contribution in [0.1, 0.15) is 6.42 Å². The molecule has 0 spiro atoms. The SMILES string of the molecule is OC[C@@H](O)[C@@H](O)[C@H](O)[C@H](O)[C@@H](O)CC#CBr. The Morgan fingerprint density at radius 1 is 0.875 bits per heavy atom. The molecule has 0 radical (unpaired) electrons. The van der Waals surface area contributed by atoms with Crippen LogP contribution in [0.25, 0.3) is 0 Å². The van der Waals surface area contributed by atoms with E-state index in [1.165, 1.54) is 0 Å². The maximum Gasteiger partial charge on any atom is 0.111 e. The lowest BCUT2D eigenvalue weighted by atomic mass is 9.98. The van der Waals surface area contributed by atoms with Crippen molar-refractivity contribution in [3.8, 4) is 10.8 Å². The molecule has 0 amide bonds. The highest BCUT2D eigenvalue weighted by molar-refractivity contribution is 9.12. The van der Waals surface area contributed by atoms with E-state index in [2.05, 4.69) is 26.7 Å². The molecule has 16 heavy (non-hydrogen) atoms. The third-order valence-electron chi connectivity index (χ3n) is 2.05. The first-order valence-electron chi connectivity index (χ1n) is 4.55. The molecule has 0 rings (SSSR count). The van der Waals surface area contributed by atoms with Crippen molar-refractivity contribution in [2.75, 3.05) is 6.61 Å². The Balaban J connectivity index is 4.33. The standard InChI is InChI=1S/C9H15BrO6/c10-3-1-2-5(12)7(14)9(16)8(15)6(13)4-11/h5-9,11-16H,2,4H2/t5-,6+,7+,8+,9+/m0/s1. The summed E-state index contributed by atoms with van der Waals surface area (Å²) in [5.74, 6) is 2.42. The van der Waals surface area contributed by atoms with E-state index in [0.29, 0.717) is 0 Å². The Bertz CT molecular complexity index is 250. The van der Waals surface area contributed by atoms with Gasteiger partial charge in [-0.25, -0.2) is 0 Å². The molecule has 0 aromatic rings. The van der Waals surface area contributed by atoms with Crippen LogP contribution in [0.4, 0.5) is 0 Å². The minimum absolute atomic E-state index is 0.106. The number of rotatable bonds is 6. The van der Waals surface area contributed by atoms with E-state index < -0.39 is 37.1 Å². The molecule has 94 valence electrons. The summed E-state index contributed by atoms with van der Waals surface area (Å²) < 4.78 is 0. The quantitative estimate of drug-likeness (QED) is 0.302. The molecule has 0 saturated carbocycles. The molecule has 0 aromatic heterocycles. The van der Waals surface area contributed by atoms with Gasteiger partial charge in [-0.15, -0.1) is 0 Å². The first-order chi connectivity index (χ1) is 7.45. The zero-order chi connectivity index (χ0) is 12.7. The molecule has 0 bridgehead atoms. The highest BCUT2D eigenvalue weighted by Crippen LogP contribution is 2.10. The Kier molecular flexibility index (Phi) is 7.87. The van der Waals surface area contributed by atoms with Crippen molar-refractivity contribution in [3.05, 3.63) is 0 Å². The number of halogens is 1. The maximum atomic E-state index is 9.39. The topological polar surface area (TPSA) is 121 Å². The van der Waals surface area contributed by atoms with Crippen LogP contribution in [0.5, 0.6) is 0 Å². The van der Waals surface area contributed by atoms with Crippen molar-refractivity contribution in [2.24, 2.45) is 0 Å². The fourth-order valence-corrected chi connectivity index (χ4v) is 1.19. The zero-order valence-corrected chi connectivity index (χ0v) is 9.95. The van der Waals surface area contributed by atoms with E-state index in [9.17, 15) is 20.4 Å². The van der Waals surface area contributed by atoms with Gasteiger partial charge in [0.1, 0.15) is 24.4 Å². The van der Waals surface area contributed by atoms with Gasteiger partial charge < -0.3 is 30.6 Å². The number of aliphatic hydroxyl groups is 6. The highest BCUT2D eigenvalue weighted by atomic mass is 79.9. The van der Waals surface area contributed by atoms with E-state index in [0.717, 1.165) is 0 Å². The summed E-state index contributed by atoms with van der Waals surface area (Å²) in [4.78, 5) is 2.31. The molecule has 0 heterocycles. The van der Waals surface area contributed by atoms with E-state index in [1.54, 1.807) is 0 Å². The monoisotopic (exact) mass is 298 g/mol. The van der Waals surface area contributed by atoms with Gasteiger partial charge in [0.25, 0.3) is 0 Å². The van der Waals surface area contributed by atoms with Crippen LogP contribution >= 0.6 is 15.9 Å². The number of aliphatic hydroxyl groups excluding tert-OH is 6. The van der Waals surface area contributed by atoms with Crippen LogP contribution in [0.2, 0.25) is 0 Å². The first kappa shape index (κ1) is 15.8. The summed E-state index contributed by atoms with van der Waals surface area (Å²) >= 11 is 2.79. The van der Waals surface area contributed by atoms with Gasteiger partial charge in [-0.05, 0) is 4.83 Å². The Hall–Kier alpha value is -0.200. The predicted molar refractivity (Wildman–Crippen MR) is 58.4 cm³/mol. The minimum Gasteiger partial charge on any atom is -0.394 e. The Morgan fingerprint density at radius 3 is 1.81 bits per heavy atom. The molecule has 6 N–H and O–H groups in total. The van der Waals surface area contributed by atoms with Crippen LogP contribution in [-0.2, 0) is 0 Å². The molecule has 7 heteroatoms. The lowest BCUT2D eigenvalue weighted by Crippen LogP contribution is -2.49. The highest BCUT2D eigenvalue weighted by Gasteiger charge is 2.33. The summed E-state index contributed by atoms with van der Waals surface area (Å²) in [7, 11) is 0. The van der Waals surface area contributed by atoms with Gasteiger partial charge >= 0.3 is 0 Å². The van der Waals surface area contributed by atoms with Gasteiger partial charge in [0.05, 0.1) is 12.7 Å². The molecule has 5 atom stereocenters. The molecule has 0 aliphatic heterocycles. The smallest absolute Gasteiger partial charge is 0.111 e. The van der Waals surface area contributed by atoms with E-state index in [1.807, 2.05) is 0 Å². The van der Waals surface area contributed by atoms with Gasteiger partial charge in [0.15, 0.2) is 0 Å².